The van der Waals surface area contributed by atoms with Crippen molar-refractivity contribution in [2.24, 2.45) is 0 Å². The molecule has 0 spiro atoms. The van der Waals surface area contributed by atoms with Crippen LogP contribution in [-0.4, -0.2) is 53.9 Å². The van der Waals surface area contributed by atoms with Crippen molar-refractivity contribution in [3.05, 3.63) is 42.2 Å². The van der Waals surface area contributed by atoms with Gasteiger partial charge in [0.25, 0.3) is 5.91 Å². The molecule has 1 N–H and O–H groups in total. The predicted molar refractivity (Wildman–Crippen MR) is 86.8 cm³/mol. The van der Waals surface area contributed by atoms with Crippen molar-refractivity contribution in [2.75, 3.05) is 13.6 Å². The number of benzene rings is 1. The van der Waals surface area contributed by atoms with Gasteiger partial charge in [0.05, 0.1) is 23.7 Å². The fraction of sp³-hybridized carbons (Fsp3) is 0.400. The number of amides is 1. The van der Waals surface area contributed by atoms with Gasteiger partial charge in [0.15, 0.2) is 0 Å². The van der Waals surface area contributed by atoms with Crippen LogP contribution >= 0.6 is 0 Å². The Bertz CT molecular complexity index is 802. The van der Waals surface area contributed by atoms with Gasteiger partial charge >= 0.3 is 0 Å². The summed E-state index contributed by atoms with van der Waals surface area (Å²) >= 11 is 0. The van der Waals surface area contributed by atoms with Gasteiger partial charge in [-0.05, 0) is 44.2 Å². The van der Waals surface area contributed by atoms with Crippen LogP contribution in [0.2, 0.25) is 0 Å². The van der Waals surface area contributed by atoms with Gasteiger partial charge in [-0.2, -0.15) is 0 Å². The number of aromatic nitrogens is 3. The summed E-state index contributed by atoms with van der Waals surface area (Å²) < 4.78 is 27.5. The first-order valence-electron chi connectivity index (χ1n) is 7.70. The van der Waals surface area contributed by atoms with Crippen molar-refractivity contribution >= 4 is 15.9 Å². The summed E-state index contributed by atoms with van der Waals surface area (Å²) in [6.07, 6.45) is 5.25. The molecule has 24 heavy (non-hydrogen) atoms. The zero-order valence-electron chi connectivity index (χ0n) is 13.3. The molecule has 0 bridgehead atoms. The first kappa shape index (κ1) is 16.6. The number of carbonyl (C=O) groups excluding carboxylic acids is 1. The fourth-order valence-electron chi connectivity index (χ4n) is 2.90. The lowest BCUT2D eigenvalue weighted by molar-refractivity contribution is 0.0721. The van der Waals surface area contributed by atoms with Crippen LogP contribution in [0.4, 0.5) is 0 Å². The van der Waals surface area contributed by atoms with Gasteiger partial charge in [-0.3, -0.25) is 9.48 Å². The highest BCUT2D eigenvalue weighted by atomic mass is 32.2. The Hall–Kier alpha value is -2.26. The summed E-state index contributed by atoms with van der Waals surface area (Å²) in [5, 5.41) is 7.73. The van der Waals surface area contributed by atoms with Gasteiger partial charge in [0.2, 0.25) is 10.0 Å². The number of likely N-dealkylation sites (tertiary alicyclic amines) is 1. The van der Waals surface area contributed by atoms with E-state index in [0.717, 1.165) is 12.8 Å². The topological polar surface area (TPSA) is 97.2 Å². The smallest absolute Gasteiger partial charge is 0.254 e. The summed E-state index contributed by atoms with van der Waals surface area (Å²) in [4.78, 5) is 14.7. The van der Waals surface area contributed by atoms with E-state index in [9.17, 15) is 13.2 Å². The number of nitrogens with one attached hydrogen (secondary N) is 1. The molecule has 0 unspecified atom stereocenters. The Labute approximate surface area is 140 Å². The van der Waals surface area contributed by atoms with Gasteiger partial charge in [-0.25, -0.2) is 13.1 Å². The fourth-order valence-corrected chi connectivity index (χ4v) is 3.63. The summed E-state index contributed by atoms with van der Waals surface area (Å²) in [6, 6.07) is 6.07. The lowest BCUT2D eigenvalue weighted by Gasteiger charge is -2.24. The Morgan fingerprint density at radius 2 is 2.08 bits per heavy atom. The van der Waals surface area contributed by atoms with E-state index in [1.54, 1.807) is 29.2 Å². The average molecular weight is 349 g/mol. The van der Waals surface area contributed by atoms with Crippen molar-refractivity contribution in [2.45, 2.75) is 30.3 Å². The van der Waals surface area contributed by atoms with Crippen LogP contribution in [0.15, 0.2) is 41.6 Å². The van der Waals surface area contributed by atoms with E-state index < -0.39 is 10.0 Å². The molecular formula is C15H19N5O3S. The van der Waals surface area contributed by atoms with Crippen molar-refractivity contribution in [1.82, 2.24) is 24.6 Å². The number of rotatable bonds is 5. The number of hydrogen-bond acceptors (Lipinski definition) is 5. The van der Waals surface area contributed by atoms with E-state index >= 15 is 0 Å². The van der Waals surface area contributed by atoms with E-state index in [2.05, 4.69) is 15.0 Å². The highest BCUT2D eigenvalue weighted by molar-refractivity contribution is 7.89. The number of sulfonamides is 1. The molecule has 1 aliphatic rings. The monoisotopic (exact) mass is 349 g/mol. The molecule has 0 radical (unpaired) electrons. The molecule has 3 rings (SSSR count). The largest absolute Gasteiger partial charge is 0.334 e. The van der Waals surface area contributed by atoms with E-state index in [1.165, 1.54) is 19.2 Å². The molecule has 8 nitrogen and oxygen atoms in total. The first-order valence-corrected chi connectivity index (χ1v) is 9.18. The maximum absolute atomic E-state index is 12.7. The molecule has 1 atom stereocenters. The van der Waals surface area contributed by atoms with Crippen LogP contribution in [0.3, 0.4) is 0 Å². The Morgan fingerprint density at radius 3 is 2.71 bits per heavy atom. The molecule has 128 valence electrons. The predicted octanol–water partition coefficient (Wildman–Crippen LogP) is 0.491. The minimum atomic E-state index is -3.50. The molecular weight excluding hydrogens is 330 g/mol. The van der Waals surface area contributed by atoms with Crippen molar-refractivity contribution in [3.8, 4) is 0 Å². The molecule has 1 amide bonds. The molecule has 0 aliphatic carbocycles. The zero-order valence-corrected chi connectivity index (χ0v) is 14.1. The van der Waals surface area contributed by atoms with Crippen molar-refractivity contribution in [3.63, 3.8) is 0 Å². The number of carbonyl (C=O) groups is 1. The Kier molecular flexibility index (Phi) is 4.63. The molecule has 1 aromatic carbocycles. The van der Waals surface area contributed by atoms with Gasteiger partial charge in [-0.1, -0.05) is 5.21 Å². The molecule has 9 heteroatoms. The van der Waals surface area contributed by atoms with Crippen LogP contribution in [0, 0.1) is 0 Å². The molecule has 1 saturated heterocycles. The number of hydrogen-bond donors (Lipinski definition) is 1. The SMILES string of the molecule is CNS(=O)(=O)c1ccc(C(=O)N2CCC[C@H]2Cn2ccnn2)cc1. The van der Waals surface area contributed by atoms with Crippen LogP contribution in [0.1, 0.15) is 23.2 Å². The average Bonchev–Trinajstić information content (AvgIpc) is 3.27. The minimum absolute atomic E-state index is 0.0694. The normalized spacial score (nSPS) is 18.0. The third-order valence-corrected chi connectivity index (χ3v) is 5.62. The van der Waals surface area contributed by atoms with Gasteiger partial charge in [-0.15, -0.1) is 5.10 Å². The maximum Gasteiger partial charge on any atom is 0.254 e. The van der Waals surface area contributed by atoms with Crippen molar-refractivity contribution in [1.29, 1.82) is 0 Å². The molecule has 1 fully saturated rings. The van der Waals surface area contributed by atoms with Gasteiger partial charge in [0.1, 0.15) is 0 Å². The summed E-state index contributed by atoms with van der Waals surface area (Å²) in [5.41, 5.74) is 0.482. The highest BCUT2D eigenvalue weighted by Crippen LogP contribution is 2.22. The maximum atomic E-state index is 12.7. The first-order chi connectivity index (χ1) is 11.5. The lowest BCUT2D eigenvalue weighted by atomic mass is 10.1. The van der Waals surface area contributed by atoms with Gasteiger partial charge < -0.3 is 4.90 Å². The summed E-state index contributed by atoms with van der Waals surface area (Å²) in [5.74, 6) is -0.0916. The van der Waals surface area contributed by atoms with Crippen molar-refractivity contribution < 1.29 is 13.2 Å². The second kappa shape index (κ2) is 6.70. The van der Waals surface area contributed by atoms with E-state index in [0.29, 0.717) is 18.7 Å². The second-order valence-electron chi connectivity index (χ2n) is 5.65. The van der Waals surface area contributed by atoms with E-state index in [-0.39, 0.29) is 16.8 Å². The van der Waals surface area contributed by atoms with Gasteiger partial charge in [0, 0.05) is 18.3 Å². The molecule has 2 aromatic rings. The zero-order chi connectivity index (χ0) is 17.2. The summed E-state index contributed by atoms with van der Waals surface area (Å²) in [6.45, 7) is 1.30. The number of nitrogens with zero attached hydrogens (tertiary/aromatic N) is 4. The van der Waals surface area contributed by atoms with Crippen LogP contribution in [0.5, 0.6) is 0 Å². The third kappa shape index (κ3) is 3.31. The van der Waals surface area contributed by atoms with Crippen LogP contribution in [-0.2, 0) is 16.6 Å². The molecule has 2 heterocycles. The Morgan fingerprint density at radius 1 is 1.33 bits per heavy atom. The third-order valence-electron chi connectivity index (χ3n) is 4.19. The molecule has 1 aromatic heterocycles. The Balaban J connectivity index is 1.75. The second-order valence-corrected chi connectivity index (χ2v) is 7.54. The van der Waals surface area contributed by atoms with Crippen LogP contribution in [0.25, 0.3) is 0 Å². The minimum Gasteiger partial charge on any atom is -0.334 e. The van der Waals surface area contributed by atoms with E-state index in [4.69, 9.17) is 0 Å². The summed E-state index contributed by atoms with van der Waals surface area (Å²) in [7, 11) is -2.14. The molecule has 1 aliphatic heterocycles. The quantitative estimate of drug-likeness (QED) is 0.847. The van der Waals surface area contributed by atoms with Crippen LogP contribution < -0.4 is 4.72 Å². The van der Waals surface area contributed by atoms with E-state index in [1.807, 2.05) is 4.90 Å². The highest BCUT2D eigenvalue weighted by Gasteiger charge is 2.30. The lowest BCUT2D eigenvalue weighted by Crippen LogP contribution is -2.38. The molecule has 0 saturated carbocycles. The standard InChI is InChI=1S/C15H19N5O3S/c1-16-24(22,23)14-6-4-12(5-7-14)15(21)20-9-2-3-13(20)11-19-10-8-17-18-19/h4-8,10,13,16H,2-3,9,11H2,1H3/t13-/m0/s1.